The van der Waals surface area contributed by atoms with Gasteiger partial charge in [-0.2, -0.15) is 0 Å². The van der Waals surface area contributed by atoms with Crippen LogP contribution < -0.4 is 5.32 Å². The van der Waals surface area contributed by atoms with Crippen molar-refractivity contribution in [3.63, 3.8) is 0 Å². The average molecular weight is 434 g/mol. The summed E-state index contributed by atoms with van der Waals surface area (Å²) in [6.07, 6.45) is 6.35. The number of carbonyl (C=O) groups is 1. The zero-order valence-corrected chi connectivity index (χ0v) is 18.4. The van der Waals surface area contributed by atoms with Crippen LogP contribution in [0.2, 0.25) is 5.02 Å². The number of likely N-dealkylation sites (tertiary alicyclic amines) is 1. The van der Waals surface area contributed by atoms with Crippen LogP contribution in [-0.4, -0.2) is 35.4 Å². The zero-order chi connectivity index (χ0) is 21.5. The van der Waals surface area contributed by atoms with Gasteiger partial charge in [0.05, 0.1) is 0 Å². The van der Waals surface area contributed by atoms with E-state index in [-0.39, 0.29) is 11.8 Å². The van der Waals surface area contributed by atoms with Gasteiger partial charge in [-0.25, -0.2) is 0 Å². The maximum atomic E-state index is 12.6. The van der Waals surface area contributed by atoms with Gasteiger partial charge in [0.15, 0.2) is 0 Å². The van der Waals surface area contributed by atoms with Gasteiger partial charge in [0, 0.05) is 42.0 Å². The van der Waals surface area contributed by atoms with Crippen molar-refractivity contribution in [1.29, 1.82) is 0 Å². The van der Waals surface area contributed by atoms with Gasteiger partial charge in [-0.05, 0) is 67.2 Å². The molecule has 4 rings (SSSR count). The Bertz CT molecular complexity index is 983. The summed E-state index contributed by atoms with van der Waals surface area (Å²) in [7, 11) is 0. The lowest BCUT2D eigenvalue weighted by atomic mass is 9.94. The first-order chi connectivity index (χ1) is 15.2. The standard InChI is InChI=1S/C26H28ClN3O/c27-24-9-7-20(8-10-24)11-15-29-26(31)21-12-16-30(17-13-21)19-23-4-1-2-6-25(23)22-5-3-14-28-18-22/h1-10,14,18,21H,11-13,15-17,19H2,(H,29,31). The summed E-state index contributed by atoms with van der Waals surface area (Å²) in [5.74, 6) is 0.291. The Labute approximate surface area is 189 Å². The number of nitrogens with zero attached hydrogens (tertiary/aromatic N) is 2. The summed E-state index contributed by atoms with van der Waals surface area (Å²) in [6, 6.07) is 20.4. The van der Waals surface area contributed by atoms with Crippen LogP contribution in [0.4, 0.5) is 0 Å². The third kappa shape index (κ3) is 5.93. The average Bonchev–Trinajstić information content (AvgIpc) is 2.82. The van der Waals surface area contributed by atoms with Crippen LogP contribution >= 0.6 is 11.6 Å². The maximum Gasteiger partial charge on any atom is 0.223 e. The second kappa shape index (κ2) is 10.6. The first kappa shape index (κ1) is 21.5. The number of hydrogen-bond acceptors (Lipinski definition) is 3. The number of carbonyl (C=O) groups excluding carboxylic acids is 1. The summed E-state index contributed by atoms with van der Waals surface area (Å²) < 4.78 is 0. The van der Waals surface area contributed by atoms with E-state index in [1.54, 1.807) is 6.20 Å². The molecule has 1 fully saturated rings. The molecule has 0 unspecified atom stereocenters. The van der Waals surface area contributed by atoms with E-state index in [1.807, 2.05) is 36.5 Å². The second-order valence-corrected chi connectivity index (χ2v) is 8.55. The SMILES string of the molecule is O=C(NCCc1ccc(Cl)cc1)C1CCN(Cc2ccccc2-c2cccnc2)CC1. The fourth-order valence-electron chi connectivity index (χ4n) is 4.18. The summed E-state index contributed by atoms with van der Waals surface area (Å²) in [5.41, 5.74) is 4.87. The predicted octanol–water partition coefficient (Wildman–Crippen LogP) is 4.97. The highest BCUT2D eigenvalue weighted by Crippen LogP contribution is 2.26. The van der Waals surface area contributed by atoms with Crippen LogP contribution in [0.15, 0.2) is 73.1 Å². The van der Waals surface area contributed by atoms with E-state index in [0.717, 1.165) is 49.5 Å². The molecular formula is C26H28ClN3O. The molecule has 1 amide bonds. The lowest BCUT2D eigenvalue weighted by molar-refractivity contribution is -0.126. The number of benzene rings is 2. The molecule has 5 heteroatoms. The third-order valence-electron chi connectivity index (χ3n) is 5.97. The minimum atomic E-state index is 0.107. The van der Waals surface area contributed by atoms with Gasteiger partial charge in [0.2, 0.25) is 5.91 Å². The number of nitrogens with one attached hydrogen (secondary N) is 1. The minimum Gasteiger partial charge on any atom is -0.356 e. The maximum absolute atomic E-state index is 12.6. The fourth-order valence-corrected chi connectivity index (χ4v) is 4.31. The Morgan fingerprint density at radius 3 is 2.55 bits per heavy atom. The molecule has 2 aromatic carbocycles. The van der Waals surface area contributed by atoms with Crippen molar-refractivity contribution >= 4 is 17.5 Å². The molecule has 160 valence electrons. The lowest BCUT2D eigenvalue weighted by Gasteiger charge is -2.31. The van der Waals surface area contributed by atoms with Gasteiger partial charge in [-0.3, -0.25) is 14.7 Å². The van der Waals surface area contributed by atoms with Gasteiger partial charge in [-0.15, -0.1) is 0 Å². The molecule has 1 saturated heterocycles. The van der Waals surface area contributed by atoms with Crippen molar-refractivity contribution in [2.75, 3.05) is 19.6 Å². The highest BCUT2D eigenvalue weighted by molar-refractivity contribution is 6.30. The number of rotatable bonds is 7. The smallest absolute Gasteiger partial charge is 0.223 e. The van der Waals surface area contributed by atoms with Crippen molar-refractivity contribution in [2.45, 2.75) is 25.8 Å². The summed E-state index contributed by atoms with van der Waals surface area (Å²) in [4.78, 5) is 19.3. The summed E-state index contributed by atoms with van der Waals surface area (Å²) in [6.45, 7) is 3.45. The quantitative estimate of drug-likeness (QED) is 0.572. The largest absolute Gasteiger partial charge is 0.356 e. The molecule has 1 aromatic heterocycles. The van der Waals surface area contributed by atoms with Crippen LogP contribution in [0.1, 0.15) is 24.0 Å². The molecule has 0 bridgehead atoms. The molecule has 0 atom stereocenters. The monoisotopic (exact) mass is 433 g/mol. The van der Waals surface area contributed by atoms with Crippen molar-refractivity contribution < 1.29 is 4.79 Å². The number of pyridine rings is 1. The summed E-state index contributed by atoms with van der Waals surface area (Å²) in [5, 5.41) is 3.85. The van der Waals surface area contributed by atoms with Crippen LogP contribution in [-0.2, 0) is 17.8 Å². The molecule has 0 saturated carbocycles. The van der Waals surface area contributed by atoms with Crippen LogP contribution in [0.3, 0.4) is 0 Å². The van der Waals surface area contributed by atoms with Crippen LogP contribution in [0.25, 0.3) is 11.1 Å². The number of halogens is 1. The lowest BCUT2D eigenvalue weighted by Crippen LogP contribution is -2.40. The van der Waals surface area contributed by atoms with E-state index >= 15 is 0 Å². The molecule has 1 aliphatic heterocycles. The predicted molar refractivity (Wildman–Crippen MR) is 126 cm³/mol. The Hall–Kier alpha value is -2.69. The van der Waals surface area contributed by atoms with Gasteiger partial charge < -0.3 is 5.32 Å². The molecule has 0 spiro atoms. The molecule has 3 aromatic rings. The Kier molecular flexibility index (Phi) is 7.34. The van der Waals surface area contributed by atoms with Gasteiger partial charge in [-0.1, -0.05) is 54.1 Å². The van der Waals surface area contributed by atoms with E-state index in [9.17, 15) is 4.79 Å². The molecular weight excluding hydrogens is 406 g/mol. The van der Waals surface area contributed by atoms with E-state index in [0.29, 0.717) is 6.54 Å². The number of aromatic nitrogens is 1. The van der Waals surface area contributed by atoms with Crippen LogP contribution in [0.5, 0.6) is 0 Å². The van der Waals surface area contributed by atoms with Gasteiger partial charge in [0.25, 0.3) is 0 Å². The van der Waals surface area contributed by atoms with Crippen molar-refractivity contribution in [3.05, 3.63) is 89.2 Å². The Morgan fingerprint density at radius 2 is 1.81 bits per heavy atom. The molecule has 4 nitrogen and oxygen atoms in total. The van der Waals surface area contributed by atoms with Crippen molar-refractivity contribution in [2.24, 2.45) is 5.92 Å². The van der Waals surface area contributed by atoms with E-state index in [4.69, 9.17) is 11.6 Å². The molecule has 1 N–H and O–H groups in total. The topological polar surface area (TPSA) is 45.2 Å². The van der Waals surface area contributed by atoms with Crippen molar-refractivity contribution in [3.8, 4) is 11.1 Å². The van der Waals surface area contributed by atoms with Gasteiger partial charge >= 0.3 is 0 Å². The first-order valence-electron chi connectivity index (χ1n) is 10.9. The molecule has 31 heavy (non-hydrogen) atoms. The third-order valence-corrected chi connectivity index (χ3v) is 6.22. The van der Waals surface area contributed by atoms with Crippen LogP contribution in [0, 0.1) is 5.92 Å². The van der Waals surface area contributed by atoms with E-state index in [1.165, 1.54) is 16.7 Å². The highest BCUT2D eigenvalue weighted by atomic mass is 35.5. The number of piperidine rings is 1. The Morgan fingerprint density at radius 1 is 1.03 bits per heavy atom. The molecule has 0 aliphatic carbocycles. The molecule has 2 heterocycles. The summed E-state index contributed by atoms with van der Waals surface area (Å²) >= 11 is 5.92. The normalized spacial score (nSPS) is 15.0. The number of hydrogen-bond donors (Lipinski definition) is 1. The van der Waals surface area contributed by atoms with Crippen molar-refractivity contribution in [1.82, 2.24) is 15.2 Å². The fraction of sp³-hybridized carbons (Fsp3) is 0.308. The zero-order valence-electron chi connectivity index (χ0n) is 17.6. The minimum absolute atomic E-state index is 0.107. The molecule has 1 aliphatic rings. The first-order valence-corrected chi connectivity index (χ1v) is 11.3. The molecule has 0 radical (unpaired) electrons. The van der Waals surface area contributed by atoms with Gasteiger partial charge in [0.1, 0.15) is 0 Å². The highest BCUT2D eigenvalue weighted by Gasteiger charge is 2.25. The second-order valence-electron chi connectivity index (χ2n) is 8.12. The van der Waals surface area contributed by atoms with E-state index in [2.05, 4.69) is 45.5 Å². The van der Waals surface area contributed by atoms with E-state index < -0.39 is 0 Å². The Balaban J connectivity index is 1.25. The number of amides is 1.